The van der Waals surface area contributed by atoms with Crippen LogP contribution in [0.5, 0.6) is 0 Å². The molecule has 1 aromatic carbocycles. The first-order valence-corrected chi connectivity index (χ1v) is 6.67. The van der Waals surface area contributed by atoms with Gasteiger partial charge in [-0.3, -0.25) is 0 Å². The predicted molar refractivity (Wildman–Crippen MR) is 86.8 cm³/mol. The first kappa shape index (κ1) is 17.1. The summed E-state index contributed by atoms with van der Waals surface area (Å²) in [5, 5.41) is 8.68. The van der Waals surface area contributed by atoms with E-state index in [1.165, 1.54) is 19.3 Å². The molecule has 0 atom stereocenters. The summed E-state index contributed by atoms with van der Waals surface area (Å²) in [6.07, 6.45) is 4.76. The average molecular weight is 318 g/mol. The second-order valence-electron chi connectivity index (χ2n) is 5.12. The zero-order valence-electron chi connectivity index (χ0n) is 11.3. The lowest BCUT2D eigenvalue weighted by Gasteiger charge is -2.21. The number of piperidine rings is 1. The molecule has 2 heterocycles. The number of nitrogens with zero attached hydrogens (tertiary/aromatic N) is 1. The average Bonchev–Trinajstić information content (AvgIpc) is 2.80. The van der Waals surface area contributed by atoms with Crippen molar-refractivity contribution >= 4 is 41.5 Å². The van der Waals surface area contributed by atoms with Crippen LogP contribution in [0.4, 0.5) is 5.69 Å². The Balaban J connectivity index is 0.000001000. The quantitative estimate of drug-likeness (QED) is 0.853. The first-order valence-electron chi connectivity index (χ1n) is 6.67. The van der Waals surface area contributed by atoms with E-state index in [2.05, 4.69) is 10.5 Å². The third kappa shape index (κ3) is 3.78. The number of nitrogen functional groups attached to an aromatic ring is 1. The molecule has 2 aromatic rings. The molecule has 20 heavy (non-hydrogen) atoms. The van der Waals surface area contributed by atoms with Crippen molar-refractivity contribution in [3.63, 3.8) is 0 Å². The van der Waals surface area contributed by atoms with Crippen LogP contribution in [0.1, 0.15) is 25.0 Å². The number of anilines is 1. The largest absolute Gasteiger partial charge is 0.399 e. The maximum absolute atomic E-state index is 5.73. The van der Waals surface area contributed by atoms with Crippen molar-refractivity contribution in [3.05, 3.63) is 23.9 Å². The number of benzene rings is 1. The maximum Gasteiger partial charge on any atom is 0.169 e. The lowest BCUT2D eigenvalue weighted by molar-refractivity contribution is 0.350. The molecule has 1 aromatic heterocycles. The molecule has 1 aliphatic heterocycles. The van der Waals surface area contributed by atoms with E-state index >= 15 is 0 Å². The topological polar surface area (TPSA) is 64.1 Å². The van der Waals surface area contributed by atoms with Crippen LogP contribution in [0.25, 0.3) is 11.0 Å². The number of aryl methyl sites for hydroxylation is 1. The van der Waals surface area contributed by atoms with Crippen LogP contribution in [0.3, 0.4) is 0 Å². The van der Waals surface area contributed by atoms with Crippen LogP contribution in [0.15, 0.2) is 22.7 Å². The Morgan fingerprint density at radius 1 is 1.25 bits per heavy atom. The lowest BCUT2D eigenvalue weighted by Crippen LogP contribution is -2.27. The Bertz CT molecular complexity index is 538. The van der Waals surface area contributed by atoms with Gasteiger partial charge in [0.2, 0.25) is 0 Å². The minimum atomic E-state index is 0. The molecule has 6 heteroatoms. The zero-order chi connectivity index (χ0) is 12.4. The van der Waals surface area contributed by atoms with Crippen molar-refractivity contribution in [1.29, 1.82) is 0 Å². The maximum atomic E-state index is 5.73. The number of halogens is 2. The lowest BCUT2D eigenvalue weighted by atomic mass is 9.92. The summed E-state index contributed by atoms with van der Waals surface area (Å²) in [4.78, 5) is 0. The van der Waals surface area contributed by atoms with E-state index in [0.717, 1.165) is 47.8 Å². The van der Waals surface area contributed by atoms with Gasteiger partial charge in [0.1, 0.15) is 0 Å². The molecule has 0 bridgehead atoms. The zero-order valence-corrected chi connectivity index (χ0v) is 12.9. The van der Waals surface area contributed by atoms with Gasteiger partial charge in [0.25, 0.3) is 0 Å². The molecule has 1 aliphatic rings. The fraction of sp³-hybridized carbons (Fsp3) is 0.500. The van der Waals surface area contributed by atoms with Gasteiger partial charge in [-0.05, 0) is 56.8 Å². The SMILES string of the molecule is Cl.Cl.Nc1ccc2c(CCC3CCNCC3)noc2c1. The standard InChI is InChI=1S/C14H19N3O.2ClH/c15-11-2-3-12-13(17-18-14(12)9-11)4-1-10-5-7-16-8-6-10;;/h2-3,9-10,16H,1,4-8,15H2;2*1H. The second kappa shape index (κ2) is 7.72. The van der Waals surface area contributed by atoms with Crippen LogP contribution in [0.2, 0.25) is 0 Å². The Hall–Kier alpha value is -0.970. The molecule has 0 radical (unpaired) electrons. The molecule has 0 amide bonds. The van der Waals surface area contributed by atoms with Crippen LogP contribution in [-0.2, 0) is 6.42 Å². The van der Waals surface area contributed by atoms with Crippen molar-refractivity contribution < 1.29 is 4.52 Å². The van der Waals surface area contributed by atoms with Gasteiger partial charge in [0, 0.05) is 17.1 Å². The summed E-state index contributed by atoms with van der Waals surface area (Å²) in [7, 11) is 0. The third-order valence-electron chi connectivity index (χ3n) is 3.82. The predicted octanol–water partition coefficient (Wildman–Crippen LogP) is 3.19. The van der Waals surface area contributed by atoms with E-state index in [-0.39, 0.29) is 24.8 Å². The van der Waals surface area contributed by atoms with E-state index < -0.39 is 0 Å². The number of hydrogen-bond acceptors (Lipinski definition) is 4. The molecule has 1 fully saturated rings. The van der Waals surface area contributed by atoms with Crippen LogP contribution < -0.4 is 11.1 Å². The monoisotopic (exact) mass is 317 g/mol. The van der Waals surface area contributed by atoms with Crippen molar-refractivity contribution in [3.8, 4) is 0 Å². The number of aromatic nitrogens is 1. The molecule has 112 valence electrons. The van der Waals surface area contributed by atoms with E-state index in [4.69, 9.17) is 10.3 Å². The van der Waals surface area contributed by atoms with Gasteiger partial charge < -0.3 is 15.6 Å². The highest BCUT2D eigenvalue weighted by Crippen LogP contribution is 2.24. The van der Waals surface area contributed by atoms with Gasteiger partial charge in [0.05, 0.1) is 5.69 Å². The van der Waals surface area contributed by atoms with Gasteiger partial charge in [-0.15, -0.1) is 24.8 Å². The smallest absolute Gasteiger partial charge is 0.169 e. The number of nitrogens with two attached hydrogens (primary N) is 1. The van der Waals surface area contributed by atoms with Crippen LogP contribution in [-0.4, -0.2) is 18.2 Å². The Kier molecular flexibility index (Phi) is 6.59. The molecule has 3 rings (SSSR count). The van der Waals surface area contributed by atoms with Gasteiger partial charge in [0.15, 0.2) is 5.58 Å². The van der Waals surface area contributed by atoms with Gasteiger partial charge in [-0.25, -0.2) is 0 Å². The fourth-order valence-electron chi connectivity index (χ4n) is 2.70. The van der Waals surface area contributed by atoms with Crippen molar-refractivity contribution in [2.45, 2.75) is 25.7 Å². The summed E-state index contributed by atoms with van der Waals surface area (Å²) in [6.45, 7) is 2.31. The van der Waals surface area contributed by atoms with E-state index in [1.54, 1.807) is 0 Å². The van der Waals surface area contributed by atoms with E-state index in [1.807, 2.05) is 18.2 Å². The Morgan fingerprint density at radius 2 is 2.00 bits per heavy atom. The van der Waals surface area contributed by atoms with Crippen molar-refractivity contribution in [2.75, 3.05) is 18.8 Å². The molecule has 0 spiro atoms. The minimum absolute atomic E-state index is 0. The molecule has 4 nitrogen and oxygen atoms in total. The molecule has 0 unspecified atom stereocenters. The normalized spacial score (nSPS) is 15.6. The van der Waals surface area contributed by atoms with Crippen molar-refractivity contribution in [1.82, 2.24) is 10.5 Å². The van der Waals surface area contributed by atoms with Gasteiger partial charge in [-0.2, -0.15) is 0 Å². The van der Waals surface area contributed by atoms with Crippen molar-refractivity contribution in [2.24, 2.45) is 5.92 Å². The number of hydrogen-bond donors (Lipinski definition) is 2. The minimum Gasteiger partial charge on any atom is -0.399 e. The Morgan fingerprint density at radius 3 is 2.75 bits per heavy atom. The van der Waals surface area contributed by atoms with E-state index in [9.17, 15) is 0 Å². The highest BCUT2D eigenvalue weighted by atomic mass is 35.5. The summed E-state index contributed by atoms with van der Waals surface area (Å²) in [5.41, 5.74) is 8.33. The van der Waals surface area contributed by atoms with E-state index in [0.29, 0.717) is 0 Å². The highest BCUT2D eigenvalue weighted by molar-refractivity contribution is 5.85. The second-order valence-corrected chi connectivity index (χ2v) is 5.12. The summed E-state index contributed by atoms with van der Waals surface area (Å²) >= 11 is 0. The number of fused-ring (bicyclic) bond motifs is 1. The number of rotatable bonds is 3. The highest BCUT2D eigenvalue weighted by Gasteiger charge is 2.15. The fourth-order valence-corrected chi connectivity index (χ4v) is 2.70. The van der Waals surface area contributed by atoms with Gasteiger partial charge in [-0.1, -0.05) is 5.16 Å². The molecular formula is C14H21Cl2N3O. The number of nitrogens with one attached hydrogen (secondary N) is 1. The molecule has 0 saturated carbocycles. The summed E-state index contributed by atoms with van der Waals surface area (Å²) < 4.78 is 5.33. The molecular weight excluding hydrogens is 297 g/mol. The molecule has 1 saturated heterocycles. The first-order chi connectivity index (χ1) is 8.83. The van der Waals surface area contributed by atoms with Crippen LogP contribution >= 0.6 is 24.8 Å². The summed E-state index contributed by atoms with van der Waals surface area (Å²) in [6, 6.07) is 5.77. The molecule has 3 N–H and O–H groups in total. The van der Waals surface area contributed by atoms with Gasteiger partial charge >= 0.3 is 0 Å². The Labute approximate surface area is 131 Å². The van der Waals surface area contributed by atoms with Crippen LogP contribution in [0, 0.1) is 5.92 Å². The third-order valence-corrected chi connectivity index (χ3v) is 3.82. The summed E-state index contributed by atoms with van der Waals surface area (Å²) in [5.74, 6) is 0.826. The molecule has 0 aliphatic carbocycles.